The van der Waals surface area contributed by atoms with Crippen molar-refractivity contribution in [1.29, 1.82) is 0 Å². The molecule has 0 aliphatic heterocycles. The van der Waals surface area contributed by atoms with Crippen LogP contribution in [0.1, 0.15) is 26.6 Å². The van der Waals surface area contributed by atoms with Crippen LogP contribution in [0.5, 0.6) is 0 Å². The molecule has 156 valence electrons. The molecule has 0 unspecified atom stereocenters. The molecule has 5 nitrogen and oxygen atoms in total. The van der Waals surface area contributed by atoms with Gasteiger partial charge in [0.1, 0.15) is 11.3 Å². The van der Waals surface area contributed by atoms with Crippen LogP contribution < -0.4 is 0 Å². The van der Waals surface area contributed by atoms with Crippen molar-refractivity contribution in [3.63, 3.8) is 0 Å². The second-order valence-electron chi connectivity index (χ2n) is 7.94. The molecule has 3 aromatic heterocycles. The fourth-order valence-corrected chi connectivity index (χ4v) is 5.21. The monoisotopic (exact) mass is 447 g/mol. The first kappa shape index (κ1) is 18.3. The number of allylic oxidation sites excluding steroid dienone is 1. The van der Waals surface area contributed by atoms with Gasteiger partial charge in [-0.3, -0.25) is 9.59 Å². The zero-order chi connectivity index (χ0) is 22.1. The summed E-state index contributed by atoms with van der Waals surface area (Å²) in [6.45, 7) is 0. The number of carbonyl (C=O) groups excluding carboxylic acids is 2. The number of hydrogen-bond donors (Lipinski definition) is 0. The minimum atomic E-state index is -0.301. The zero-order valence-electron chi connectivity index (χ0n) is 17.0. The van der Waals surface area contributed by atoms with E-state index in [1.54, 1.807) is 12.1 Å². The van der Waals surface area contributed by atoms with Crippen molar-refractivity contribution in [1.82, 2.24) is 4.98 Å². The molecule has 6 aromatic rings. The predicted octanol–water partition coefficient (Wildman–Crippen LogP) is 6.92. The lowest BCUT2D eigenvalue weighted by atomic mass is 10.0. The Morgan fingerprint density at radius 2 is 1.39 bits per heavy atom. The fraction of sp³-hybridized carbons (Fsp3) is 0. The summed E-state index contributed by atoms with van der Waals surface area (Å²) in [6.07, 6.45) is 1.45. The number of oxazole rings is 1. The van der Waals surface area contributed by atoms with E-state index in [0.29, 0.717) is 21.5 Å². The van der Waals surface area contributed by atoms with E-state index < -0.39 is 0 Å². The number of para-hydroxylation sites is 1. The summed E-state index contributed by atoms with van der Waals surface area (Å²) < 4.78 is 11.8. The third-order valence-electron chi connectivity index (χ3n) is 5.91. The number of Topliss-reactive ketones (excluding diaryl/α,β-unsaturated/α-hetero) is 2. The van der Waals surface area contributed by atoms with Crippen molar-refractivity contribution in [2.45, 2.75) is 0 Å². The Labute approximate surface area is 190 Å². The maximum Gasteiger partial charge on any atom is 0.221 e. The summed E-state index contributed by atoms with van der Waals surface area (Å²) in [5.74, 6) is 0.384. The smallest absolute Gasteiger partial charge is 0.221 e. The zero-order valence-corrected chi connectivity index (χ0v) is 17.8. The first-order valence-corrected chi connectivity index (χ1v) is 11.2. The Morgan fingerprint density at radius 1 is 0.727 bits per heavy atom. The van der Waals surface area contributed by atoms with E-state index in [2.05, 4.69) is 4.98 Å². The van der Waals surface area contributed by atoms with Crippen molar-refractivity contribution < 1.29 is 18.4 Å². The van der Waals surface area contributed by atoms with Crippen LogP contribution in [0.25, 0.3) is 48.9 Å². The van der Waals surface area contributed by atoms with Crippen molar-refractivity contribution >= 4 is 61.1 Å². The van der Waals surface area contributed by atoms with Crippen molar-refractivity contribution in [2.75, 3.05) is 0 Å². The highest BCUT2D eigenvalue weighted by Gasteiger charge is 2.34. The number of carbonyl (C=O) groups is 2. The number of thiophene rings is 1. The summed E-state index contributed by atoms with van der Waals surface area (Å²) in [7, 11) is 0. The Morgan fingerprint density at radius 3 is 2.06 bits per heavy atom. The molecule has 0 spiro atoms. The Bertz CT molecular complexity index is 1690. The number of rotatable bonds is 2. The van der Waals surface area contributed by atoms with Gasteiger partial charge in [-0.25, -0.2) is 0 Å². The molecule has 0 saturated carbocycles. The maximum absolute atomic E-state index is 13.0. The van der Waals surface area contributed by atoms with Crippen LogP contribution in [0, 0.1) is 0 Å². The average molecular weight is 447 g/mol. The number of hydrogen-bond acceptors (Lipinski definition) is 6. The van der Waals surface area contributed by atoms with Crippen molar-refractivity contribution in [3.05, 3.63) is 95.4 Å². The summed E-state index contributed by atoms with van der Waals surface area (Å²) in [5.41, 5.74) is 2.33. The van der Waals surface area contributed by atoms with Crippen LogP contribution in [0.2, 0.25) is 0 Å². The number of nitrogens with zero attached hydrogens (tertiary/aromatic N) is 1. The molecule has 0 atom stereocenters. The minimum Gasteiger partial charge on any atom is -0.455 e. The molecule has 33 heavy (non-hydrogen) atoms. The highest BCUT2D eigenvalue weighted by atomic mass is 32.1. The second kappa shape index (κ2) is 6.60. The molecule has 0 N–H and O–H groups in total. The van der Waals surface area contributed by atoms with Gasteiger partial charge in [-0.1, -0.05) is 42.5 Å². The van der Waals surface area contributed by atoms with Gasteiger partial charge in [-0.05, 0) is 35.0 Å². The summed E-state index contributed by atoms with van der Waals surface area (Å²) in [6, 6.07) is 22.9. The fourth-order valence-electron chi connectivity index (χ4n) is 4.30. The van der Waals surface area contributed by atoms with Gasteiger partial charge >= 0.3 is 0 Å². The molecule has 0 bridgehead atoms. The Balaban J connectivity index is 1.26. The minimum absolute atomic E-state index is 0.0757. The maximum atomic E-state index is 13.0. The molecule has 0 saturated heterocycles. The SMILES string of the molecule is O=C1C(=Cc2nc3sc(-c4cc5ccccc5o4)cc3o2)C(=O)c2cc3ccccc3cc21. The van der Waals surface area contributed by atoms with E-state index in [4.69, 9.17) is 8.83 Å². The highest BCUT2D eigenvalue weighted by Crippen LogP contribution is 2.37. The van der Waals surface area contributed by atoms with E-state index in [9.17, 15) is 9.59 Å². The lowest BCUT2D eigenvalue weighted by Crippen LogP contribution is -2.00. The van der Waals surface area contributed by atoms with Gasteiger partial charge in [0, 0.05) is 28.7 Å². The normalized spacial score (nSPS) is 13.5. The largest absolute Gasteiger partial charge is 0.455 e. The average Bonchev–Trinajstić information content (AvgIpc) is 3.57. The topological polar surface area (TPSA) is 73.3 Å². The van der Waals surface area contributed by atoms with Crippen LogP contribution in [0.4, 0.5) is 0 Å². The lowest BCUT2D eigenvalue weighted by molar-refractivity contribution is 0.0990. The molecular weight excluding hydrogens is 434 g/mol. The number of aromatic nitrogens is 1. The molecule has 0 radical (unpaired) electrons. The molecular formula is C27H13NO4S. The molecule has 0 amide bonds. The number of benzene rings is 3. The van der Waals surface area contributed by atoms with Gasteiger partial charge in [-0.15, -0.1) is 11.3 Å². The van der Waals surface area contributed by atoms with Gasteiger partial charge in [0.05, 0.1) is 10.5 Å². The Hall–Kier alpha value is -4.29. The second-order valence-corrected chi connectivity index (χ2v) is 8.97. The van der Waals surface area contributed by atoms with E-state index in [1.807, 2.05) is 60.7 Å². The summed E-state index contributed by atoms with van der Waals surface area (Å²) >= 11 is 1.44. The quantitative estimate of drug-likeness (QED) is 0.213. The van der Waals surface area contributed by atoms with Gasteiger partial charge in [0.25, 0.3) is 0 Å². The van der Waals surface area contributed by atoms with E-state index >= 15 is 0 Å². The van der Waals surface area contributed by atoms with Crippen LogP contribution in [0.15, 0.2) is 87.2 Å². The highest BCUT2D eigenvalue weighted by molar-refractivity contribution is 7.21. The molecule has 6 heteroatoms. The first-order valence-electron chi connectivity index (χ1n) is 10.4. The van der Waals surface area contributed by atoms with Crippen LogP contribution in [0.3, 0.4) is 0 Å². The number of furan rings is 1. The third-order valence-corrected chi connectivity index (χ3v) is 6.93. The van der Waals surface area contributed by atoms with Crippen LogP contribution in [-0.4, -0.2) is 16.6 Å². The van der Waals surface area contributed by atoms with Gasteiger partial charge < -0.3 is 8.83 Å². The van der Waals surface area contributed by atoms with E-state index in [0.717, 1.165) is 32.4 Å². The number of ketones is 2. The standard InChI is InChI=1S/C27H13NO4S/c29-25-17-9-14-5-1-2-6-15(14)10-18(17)26(30)19(25)12-24-28-27-22(32-24)13-23(33-27)21-11-16-7-3-4-8-20(16)31-21/h1-13H. The molecule has 1 aliphatic rings. The van der Waals surface area contributed by atoms with Crippen LogP contribution >= 0.6 is 11.3 Å². The predicted molar refractivity (Wildman–Crippen MR) is 128 cm³/mol. The van der Waals surface area contributed by atoms with E-state index in [1.165, 1.54) is 17.4 Å². The van der Waals surface area contributed by atoms with E-state index in [-0.39, 0.29) is 23.0 Å². The van der Waals surface area contributed by atoms with Gasteiger partial charge in [0.2, 0.25) is 5.89 Å². The summed E-state index contributed by atoms with van der Waals surface area (Å²) in [4.78, 5) is 32.0. The molecule has 7 rings (SSSR count). The van der Waals surface area contributed by atoms with Gasteiger partial charge in [-0.2, -0.15) is 4.98 Å². The van der Waals surface area contributed by atoms with Gasteiger partial charge in [0.15, 0.2) is 22.0 Å². The molecule has 0 fully saturated rings. The molecule has 3 aromatic carbocycles. The molecule has 3 heterocycles. The molecule has 1 aliphatic carbocycles. The Kier molecular flexibility index (Phi) is 3.66. The van der Waals surface area contributed by atoms with Crippen molar-refractivity contribution in [2.24, 2.45) is 0 Å². The van der Waals surface area contributed by atoms with Crippen LogP contribution in [-0.2, 0) is 0 Å². The number of fused-ring (bicyclic) bond motifs is 4. The third kappa shape index (κ3) is 2.74. The lowest BCUT2D eigenvalue weighted by Gasteiger charge is -2.00. The first-order chi connectivity index (χ1) is 16.1. The summed E-state index contributed by atoms with van der Waals surface area (Å²) in [5, 5.41) is 2.88. The van der Waals surface area contributed by atoms with Crippen molar-refractivity contribution in [3.8, 4) is 10.6 Å².